The van der Waals surface area contributed by atoms with Crippen molar-refractivity contribution in [3.05, 3.63) is 74.8 Å². The fourth-order valence-electron chi connectivity index (χ4n) is 3.37. The summed E-state index contributed by atoms with van der Waals surface area (Å²) in [6, 6.07) is 8.93. The molecule has 0 N–H and O–H groups in total. The van der Waals surface area contributed by atoms with Crippen molar-refractivity contribution in [2.75, 3.05) is 13.7 Å². The number of aromatic nitrogens is 2. The van der Waals surface area contributed by atoms with Crippen molar-refractivity contribution in [1.29, 1.82) is 0 Å². The first-order chi connectivity index (χ1) is 16.3. The number of rotatable bonds is 9. The van der Waals surface area contributed by atoms with E-state index in [4.69, 9.17) is 14.2 Å². The molecule has 8 nitrogen and oxygen atoms in total. The Morgan fingerprint density at radius 2 is 2.09 bits per heavy atom. The summed E-state index contributed by atoms with van der Waals surface area (Å²) in [6.45, 7) is 9.37. The summed E-state index contributed by atoms with van der Waals surface area (Å²) in [6.07, 6.45) is 2.93. The number of allylic oxidation sites excluding steroid dienone is 1. The maximum Gasteiger partial charge on any atom is 0.346 e. The molecular formula is C25H26BrN3O5. The van der Waals surface area contributed by atoms with Gasteiger partial charge in [0, 0.05) is 10.0 Å². The molecule has 0 saturated carbocycles. The van der Waals surface area contributed by atoms with Gasteiger partial charge in [0.2, 0.25) is 0 Å². The van der Waals surface area contributed by atoms with Crippen LogP contribution in [-0.2, 0) is 16.0 Å². The van der Waals surface area contributed by atoms with Crippen molar-refractivity contribution in [3.8, 4) is 11.5 Å². The fraction of sp³-hybridized carbons (Fsp3) is 0.280. The largest absolute Gasteiger partial charge is 0.490 e. The molecular weight excluding hydrogens is 502 g/mol. The number of hydrogen-bond donors (Lipinski definition) is 0. The summed E-state index contributed by atoms with van der Waals surface area (Å²) >= 11 is 3.39. The second kappa shape index (κ2) is 11.1. The van der Waals surface area contributed by atoms with Crippen molar-refractivity contribution in [3.63, 3.8) is 0 Å². The molecule has 1 heterocycles. The molecule has 0 spiro atoms. The summed E-state index contributed by atoms with van der Waals surface area (Å²) in [5, 5.41) is 4.85. The molecule has 0 unspecified atom stereocenters. The third kappa shape index (κ3) is 5.53. The van der Waals surface area contributed by atoms with Crippen LogP contribution in [0.5, 0.6) is 11.5 Å². The minimum Gasteiger partial charge on any atom is -0.490 e. The van der Waals surface area contributed by atoms with Crippen LogP contribution in [0.25, 0.3) is 10.9 Å². The Bertz CT molecular complexity index is 1320. The van der Waals surface area contributed by atoms with Crippen LogP contribution >= 0.6 is 15.9 Å². The third-order valence-corrected chi connectivity index (χ3v) is 5.43. The second-order valence-corrected chi connectivity index (χ2v) is 8.31. The van der Waals surface area contributed by atoms with Gasteiger partial charge in [-0.05, 0) is 63.1 Å². The zero-order chi connectivity index (χ0) is 24.8. The van der Waals surface area contributed by atoms with Crippen LogP contribution in [-0.4, -0.2) is 41.7 Å². The average Bonchev–Trinajstić information content (AvgIpc) is 2.81. The van der Waals surface area contributed by atoms with Gasteiger partial charge in [0.05, 0.1) is 30.8 Å². The van der Waals surface area contributed by atoms with Gasteiger partial charge in [0.25, 0.3) is 5.56 Å². The molecule has 1 atom stereocenters. The van der Waals surface area contributed by atoms with Crippen molar-refractivity contribution < 1.29 is 19.0 Å². The van der Waals surface area contributed by atoms with E-state index in [-0.39, 0.29) is 5.56 Å². The highest BCUT2D eigenvalue weighted by Crippen LogP contribution is 2.34. The number of fused-ring (bicyclic) bond motifs is 1. The first-order valence-corrected chi connectivity index (χ1v) is 11.5. The molecule has 0 aliphatic carbocycles. The summed E-state index contributed by atoms with van der Waals surface area (Å²) in [4.78, 5) is 29.4. The minimum atomic E-state index is -0.823. The zero-order valence-corrected chi connectivity index (χ0v) is 21.1. The molecule has 3 aromatic rings. The Kier molecular flexibility index (Phi) is 8.22. The van der Waals surface area contributed by atoms with Gasteiger partial charge in [0.1, 0.15) is 5.82 Å². The van der Waals surface area contributed by atoms with Crippen LogP contribution in [0.3, 0.4) is 0 Å². The molecule has 0 fully saturated rings. The molecule has 0 saturated heterocycles. The van der Waals surface area contributed by atoms with Crippen LogP contribution in [0, 0.1) is 6.92 Å². The standard InChI is InChI=1S/C25H26BrN3O5/c1-6-8-18-11-17(12-22(33-7-2)23(18)34-15(3)25(31)32-5)14-27-29-16(4)28-21-10-9-19(26)13-20(21)24(29)30/h6,9-15H,1,7-8H2,2-5H3/t15-/m1/s1. The number of aryl methyl sites for hydroxylation is 1. The van der Waals surface area contributed by atoms with Gasteiger partial charge in [-0.2, -0.15) is 9.78 Å². The molecule has 34 heavy (non-hydrogen) atoms. The quantitative estimate of drug-likeness (QED) is 0.232. The number of benzene rings is 2. The summed E-state index contributed by atoms with van der Waals surface area (Å²) in [5.41, 5.74) is 1.76. The van der Waals surface area contributed by atoms with Crippen LogP contribution in [0.1, 0.15) is 30.8 Å². The Hall–Kier alpha value is -3.46. The van der Waals surface area contributed by atoms with Crippen LogP contribution in [0.2, 0.25) is 0 Å². The lowest BCUT2D eigenvalue weighted by molar-refractivity contribution is -0.147. The summed E-state index contributed by atoms with van der Waals surface area (Å²) in [7, 11) is 1.31. The number of methoxy groups -OCH3 is 1. The van der Waals surface area contributed by atoms with Gasteiger partial charge in [-0.3, -0.25) is 4.79 Å². The highest BCUT2D eigenvalue weighted by atomic mass is 79.9. The van der Waals surface area contributed by atoms with E-state index in [1.165, 1.54) is 11.8 Å². The zero-order valence-electron chi connectivity index (χ0n) is 19.5. The van der Waals surface area contributed by atoms with Crippen molar-refractivity contribution >= 4 is 39.0 Å². The predicted octanol–water partition coefficient (Wildman–Crippen LogP) is 4.42. The van der Waals surface area contributed by atoms with Gasteiger partial charge < -0.3 is 14.2 Å². The molecule has 178 valence electrons. The molecule has 9 heteroatoms. The lowest BCUT2D eigenvalue weighted by Gasteiger charge is -2.19. The summed E-state index contributed by atoms with van der Waals surface area (Å²) in [5.74, 6) is 0.841. The van der Waals surface area contributed by atoms with Gasteiger partial charge in [-0.15, -0.1) is 6.58 Å². The molecule has 0 aliphatic rings. The van der Waals surface area contributed by atoms with Crippen LogP contribution in [0.4, 0.5) is 0 Å². The van der Waals surface area contributed by atoms with E-state index < -0.39 is 12.1 Å². The number of carbonyl (C=O) groups excluding carboxylic acids is 1. The van der Waals surface area contributed by atoms with Crippen LogP contribution < -0.4 is 15.0 Å². The van der Waals surface area contributed by atoms with E-state index in [1.807, 2.05) is 19.1 Å². The highest BCUT2D eigenvalue weighted by Gasteiger charge is 2.20. The molecule has 0 bridgehead atoms. The SMILES string of the molecule is C=CCc1cc(C=Nn2c(C)nc3ccc(Br)cc3c2=O)cc(OCC)c1O[C@H](C)C(=O)OC. The number of carbonyl (C=O) groups is 1. The maximum atomic E-state index is 13.0. The topological polar surface area (TPSA) is 92.0 Å². The normalized spacial score (nSPS) is 12.0. The minimum absolute atomic E-state index is 0.275. The predicted molar refractivity (Wildman–Crippen MR) is 135 cm³/mol. The molecule has 3 rings (SSSR count). The Morgan fingerprint density at radius 3 is 2.76 bits per heavy atom. The van der Waals surface area contributed by atoms with Gasteiger partial charge in [-0.25, -0.2) is 9.78 Å². The van der Waals surface area contributed by atoms with E-state index in [2.05, 4.69) is 32.6 Å². The number of hydrogen-bond acceptors (Lipinski definition) is 7. The van der Waals surface area contributed by atoms with E-state index in [0.717, 1.165) is 10.0 Å². The Balaban J connectivity index is 2.07. The van der Waals surface area contributed by atoms with E-state index in [9.17, 15) is 9.59 Å². The van der Waals surface area contributed by atoms with E-state index >= 15 is 0 Å². The monoisotopic (exact) mass is 527 g/mol. The third-order valence-electron chi connectivity index (χ3n) is 4.94. The van der Waals surface area contributed by atoms with Gasteiger partial charge in [-0.1, -0.05) is 22.0 Å². The number of halogens is 1. The lowest BCUT2D eigenvalue weighted by atomic mass is 10.1. The first kappa shape index (κ1) is 25.2. The molecule has 0 radical (unpaired) electrons. The van der Waals surface area contributed by atoms with E-state index in [0.29, 0.717) is 46.8 Å². The second-order valence-electron chi connectivity index (χ2n) is 7.40. The van der Waals surface area contributed by atoms with Crippen molar-refractivity contribution in [2.45, 2.75) is 33.3 Å². The first-order valence-electron chi connectivity index (χ1n) is 10.7. The van der Waals surface area contributed by atoms with Gasteiger partial charge in [0.15, 0.2) is 17.6 Å². The molecule has 0 aliphatic heterocycles. The molecule has 1 aromatic heterocycles. The lowest BCUT2D eigenvalue weighted by Crippen LogP contribution is -2.25. The number of esters is 1. The van der Waals surface area contributed by atoms with E-state index in [1.54, 1.807) is 44.3 Å². The number of nitrogens with zero attached hydrogens (tertiary/aromatic N) is 3. The fourth-order valence-corrected chi connectivity index (χ4v) is 3.73. The highest BCUT2D eigenvalue weighted by molar-refractivity contribution is 9.10. The smallest absolute Gasteiger partial charge is 0.346 e. The Morgan fingerprint density at radius 1 is 1.32 bits per heavy atom. The maximum absolute atomic E-state index is 13.0. The molecule has 2 aromatic carbocycles. The number of ether oxygens (including phenoxy) is 3. The van der Waals surface area contributed by atoms with Crippen molar-refractivity contribution in [1.82, 2.24) is 9.66 Å². The van der Waals surface area contributed by atoms with Gasteiger partial charge >= 0.3 is 5.97 Å². The van der Waals surface area contributed by atoms with Crippen molar-refractivity contribution in [2.24, 2.45) is 5.10 Å². The van der Waals surface area contributed by atoms with Crippen LogP contribution in [0.15, 0.2) is 57.4 Å². The average molecular weight is 528 g/mol. The molecule has 0 amide bonds. The summed E-state index contributed by atoms with van der Waals surface area (Å²) < 4.78 is 18.5. The Labute approximate surface area is 206 Å².